The third kappa shape index (κ3) is 5.54. The fourth-order valence-electron chi connectivity index (χ4n) is 3.14. The smallest absolute Gasteiger partial charge is 0.313 e. The third-order valence-electron chi connectivity index (χ3n) is 4.64. The van der Waals surface area contributed by atoms with Crippen LogP contribution in [0.1, 0.15) is 24.8 Å². The van der Waals surface area contributed by atoms with E-state index in [0.717, 1.165) is 6.42 Å². The summed E-state index contributed by atoms with van der Waals surface area (Å²) in [7, 11) is 1.49. The van der Waals surface area contributed by atoms with Crippen molar-refractivity contribution in [1.29, 1.82) is 0 Å². The number of hydrogen-bond acceptors (Lipinski definition) is 4. The highest BCUT2D eigenvalue weighted by molar-refractivity contribution is 5.80. The molecule has 1 N–H and O–H groups in total. The summed E-state index contributed by atoms with van der Waals surface area (Å²) >= 11 is 0. The van der Waals surface area contributed by atoms with Crippen LogP contribution in [0.15, 0.2) is 30.3 Å². The lowest BCUT2D eigenvalue weighted by Gasteiger charge is -2.23. The Bertz CT molecular complexity index is 562. The average molecular weight is 349 g/mol. The number of benzene rings is 1. The SMILES string of the molecule is COCC1(C(=O)O)CCN(C(=O)CCCOCCc2ccccc2)C1. The average Bonchev–Trinajstić information content (AvgIpc) is 3.05. The van der Waals surface area contributed by atoms with Gasteiger partial charge >= 0.3 is 5.97 Å². The number of rotatable bonds is 10. The predicted molar refractivity (Wildman–Crippen MR) is 93.3 cm³/mol. The second-order valence-corrected chi connectivity index (χ2v) is 6.54. The van der Waals surface area contributed by atoms with E-state index in [1.54, 1.807) is 4.90 Å². The summed E-state index contributed by atoms with van der Waals surface area (Å²) in [5.41, 5.74) is 0.273. The van der Waals surface area contributed by atoms with E-state index in [0.29, 0.717) is 39.0 Å². The maximum absolute atomic E-state index is 12.3. The molecule has 0 aromatic heterocycles. The Morgan fingerprint density at radius 1 is 1.24 bits per heavy atom. The highest BCUT2D eigenvalue weighted by Crippen LogP contribution is 2.31. The van der Waals surface area contributed by atoms with Gasteiger partial charge in [0.2, 0.25) is 5.91 Å². The van der Waals surface area contributed by atoms with Crippen molar-refractivity contribution in [3.8, 4) is 0 Å². The number of carbonyl (C=O) groups excluding carboxylic acids is 1. The maximum Gasteiger partial charge on any atom is 0.313 e. The molecule has 0 bridgehead atoms. The van der Waals surface area contributed by atoms with Gasteiger partial charge in [0, 0.05) is 33.2 Å². The summed E-state index contributed by atoms with van der Waals surface area (Å²) in [6.07, 6.45) is 2.33. The van der Waals surface area contributed by atoms with E-state index >= 15 is 0 Å². The lowest BCUT2D eigenvalue weighted by atomic mass is 9.88. The molecule has 1 unspecified atom stereocenters. The van der Waals surface area contributed by atoms with E-state index in [2.05, 4.69) is 12.1 Å². The number of carbonyl (C=O) groups is 2. The Balaban J connectivity index is 1.63. The van der Waals surface area contributed by atoms with Gasteiger partial charge in [-0.05, 0) is 24.8 Å². The van der Waals surface area contributed by atoms with Crippen molar-refractivity contribution in [1.82, 2.24) is 4.90 Å². The molecule has 25 heavy (non-hydrogen) atoms. The Labute approximate surface area is 148 Å². The van der Waals surface area contributed by atoms with Crippen molar-refractivity contribution in [2.24, 2.45) is 5.41 Å². The van der Waals surface area contributed by atoms with E-state index < -0.39 is 11.4 Å². The van der Waals surface area contributed by atoms with Crippen molar-refractivity contribution in [2.45, 2.75) is 25.7 Å². The van der Waals surface area contributed by atoms with Gasteiger partial charge in [-0.2, -0.15) is 0 Å². The number of carboxylic acids is 1. The second kappa shape index (κ2) is 9.53. The Kier molecular flexibility index (Phi) is 7.40. The lowest BCUT2D eigenvalue weighted by Crippen LogP contribution is -2.40. The van der Waals surface area contributed by atoms with E-state index in [1.807, 2.05) is 18.2 Å². The molecule has 138 valence electrons. The number of aliphatic carboxylic acids is 1. The minimum atomic E-state index is -0.962. The van der Waals surface area contributed by atoms with Crippen LogP contribution in [-0.4, -0.2) is 61.9 Å². The van der Waals surface area contributed by atoms with Gasteiger partial charge in [-0.15, -0.1) is 0 Å². The molecule has 1 atom stereocenters. The van der Waals surface area contributed by atoms with E-state index in [-0.39, 0.29) is 19.1 Å². The van der Waals surface area contributed by atoms with Crippen molar-refractivity contribution in [3.63, 3.8) is 0 Å². The molecule has 1 aromatic carbocycles. The lowest BCUT2D eigenvalue weighted by molar-refractivity contribution is -0.151. The van der Waals surface area contributed by atoms with Crippen LogP contribution in [0.5, 0.6) is 0 Å². The molecule has 1 amide bonds. The molecule has 0 spiro atoms. The van der Waals surface area contributed by atoms with Crippen LogP contribution in [0.25, 0.3) is 0 Å². The van der Waals surface area contributed by atoms with Crippen LogP contribution >= 0.6 is 0 Å². The number of nitrogens with zero attached hydrogens (tertiary/aromatic N) is 1. The number of hydrogen-bond donors (Lipinski definition) is 1. The van der Waals surface area contributed by atoms with Gasteiger partial charge in [0.25, 0.3) is 0 Å². The van der Waals surface area contributed by atoms with Gasteiger partial charge in [0.05, 0.1) is 13.2 Å². The van der Waals surface area contributed by atoms with Gasteiger partial charge in [-0.1, -0.05) is 30.3 Å². The summed E-state index contributed by atoms with van der Waals surface area (Å²) in [5.74, 6) is -0.903. The van der Waals surface area contributed by atoms with Crippen molar-refractivity contribution >= 4 is 11.9 Å². The zero-order valence-corrected chi connectivity index (χ0v) is 14.8. The predicted octanol–water partition coefficient (Wildman–Crippen LogP) is 1.98. The molecule has 0 radical (unpaired) electrons. The van der Waals surface area contributed by atoms with Crippen LogP contribution in [-0.2, 0) is 25.5 Å². The van der Waals surface area contributed by atoms with Crippen LogP contribution in [0, 0.1) is 5.41 Å². The third-order valence-corrected chi connectivity index (χ3v) is 4.64. The van der Waals surface area contributed by atoms with Gasteiger partial charge < -0.3 is 19.5 Å². The second-order valence-electron chi connectivity index (χ2n) is 6.54. The maximum atomic E-state index is 12.3. The van der Waals surface area contributed by atoms with Gasteiger partial charge in [-0.25, -0.2) is 0 Å². The molecule has 6 nitrogen and oxygen atoms in total. The first-order valence-corrected chi connectivity index (χ1v) is 8.69. The van der Waals surface area contributed by atoms with Gasteiger partial charge in [0.1, 0.15) is 5.41 Å². The molecular formula is C19H27NO5. The Hall–Kier alpha value is -1.92. The van der Waals surface area contributed by atoms with Gasteiger partial charge in [-0.3, -0.25) is 9.59 Å². The van der Waals surface area contributed by atoms with Crippen LogP contribution in [0.4, 0.5) is 0 Å². The topological polar surface area (TPSA) is 76.1 Å². The number of methoxy groups -OCH3 is 1. The summed E-state index contributed by atoms with van der Waals surface area (Å²) in [5, 5.41) is 9.42. The summed E-state index contributed by atoms with van der Waals surface area (Å²) in [6.45, 7) is 2.01. The molecule has 1 heterocycles. The normalized spacial score (nSPS) is 20.0. The first kappa shape index (κ1) is 19.4. The number of amides is 1. The quantitative estimate of drug-likeness (QED) is 0.654. The molecule has 6 heteroatoms. The molecule has 0 aliphatic carbocycles. The molecule has 2 rings (SSSR count). The Morgan fingerprint density at radius 3 is 2.68 bits per heavy atom. The molecule has 0 saturated carbocycles. The Morgan fingerprint density at radius 2 is 2.00 bits per heavy atom. The van der Waals surface area contributed by atoms with Crippen molar-refractivity contribution in [2.75, 3.05) is 40.0 Å². The van der Waals surface area contributed by atoms with Gasteiger partial charge in [0.15, 0.2) is 0 Å². The van der Waals surface area contributed by atoms with Crippen LogP contribution in [0.2, 0.25) is 0 Å². The van der Waals surface area contributed by atoms with E-state index in [1.165, 1.54) is 12.7 Å². The number of likely N-dealkylation sites (tertiary alicyclic amines) is 1. The molecule has 1 aromatic rings. The first-order valence-electron chi connectivity index (χ1n) is 8.69. The summed E-state index contributed by atoms with van der Waals surface area (Å²) in [4.78, 5) is 25.4. The zero-order chi connectivity index (χ0) is 18.1. The largest absolute Gasteiger partial charge is 0.481 e. The molecule has 1 aliphatic rings. The highest BCUT2D eigenvalue weighted by Gasteiger charge is 2.46. The zero-order valence-electron chi connectivity index (χ0n) is 14.8. The number of carboxylic acid groups (broad SMARTS) is 1. The molecule has 1 aliphatic heterocycles. The van der Waals surface area contributed by atoms with Crippen molar-refractivity contribution in [3.05, 3.63) is 35.9 Å². The fraction of sp³-hybridized carbons (Fsp3) is 0.579. The number of ether oxygens (including phenoxy) is 2. The van der Waals surface area contributed by atoms with E-state index in [4.69, 9.17) is 9.47 Å². The van der Waals surface area contributed by atoms with E-state index in [9.17, 15) is 14.7 Å². The van der Waals surface area contributed by atoms with Crippen LogP contribution in [0.3, 0.4) is 0 Å². The molecule has 1 saturated heterocycles. The monoisotopic (exact) mass is 349 g/mol. The fourth-order valence-corrected chi connectivity index (χ4v) is 3.14. The highest BCUT2D eigenvalue weighted by atomic mass is 16.5. The summed E-state index contributed by atoms with van der Waals surface area (Å²) in [6, 6.07) is 10.1. The molecule has 1 fully saturated rings. The minimum Gasteiger partial charge on any atom is -0.481 e. The van der Waals surface area contributed by atoms with Crippen LogP contribution < -0.4 is 0 Å². The minimum absolute atomic E-state index is 0.00844. The standard InChI is InChI=1S/C19H27NO5/c1-24-15-19(18(22)23)10-11-20(14-19)17(21)8-5-12-25-13-9-16-6-3-2-4-7-16/h2-4,6-7H,5,8-15H2,1H3,(H,22,23). The first-order chi connectivity index (χ1) is 12.1. The van der Waals surface area contributed by atoms with Crippen molar-refractivity contribution < 1.29 is 24.2 Å². The molecular weight excluding hydrogens is 322 g/mol. The summed E-state index contributed by atoms with van der Waals surface area (Å²) < 4.78 is 10.6.